The summed E-state index contributed by atoms with van der Waals surface area (Å²) in [4.78, 5) is 5.19. The lowest BCUT2D eigenvalue weighted by Crippen LogP contribution is -2.17. The van der Waals surface area contributed by atoms with Crippen molar-refractivity contribution in [2.45, 2.75) is 74.1 Å². The molecule has 0 bridgehead atoms. The summed E-state index contributed by atoms with van der Waals surface area (Å²) in [5.41, 5.74) is 4.70. The van der Waals surface area contributed by atoms with Crippen molar-refractivity contribution in [3.63, 3.8) is 0 Å². The van der Waals surface area contributed by atoms with Crippen molar-refractivity contribution in [3.05, 3.63) is 35.4 Å². The molecule has 0 aliphatic rings. The first-order valence-corrected chi connectivity index (χ1v) is 8.16. The largest absolute Gasteiger partial charge is 0.411 e. The van der Waals surface area contributed by atoms with E-state index in [1.165, 1.54) is 5.56 Å². The third kappa shape index (κ3) is 5.84. The first-order chi connectivity index (χ1) is 9.95. The summed E-state index contributed by atoms with van der Waals surface area (Å²) in [5.74, 6) is 6.29. The zero-order chi connectivity index (χ0) is 17.7. The highest BCUT2D eigenvalue weighted by Gasteiger charge is 2.22. The van der Waals surface area contributed by atoms with Gasteiger partial charge in [-0.3, -0.25) is 0 Å². The van der Waals surface area contributed by atoms with Crippen LogP contribution in [-0.4, -0.2) is 0 Å². The van der Waals surface area contributed by atoms with Crippen LogP contribution in [0.4, 0.5) is 0 Å². The van der Waals surface area contributed by atoms with Gasteiger partial charge in [0, 0.05) is 5.56 Å². The van der Waals surface area contributed by atoms with Crippen molar-refractivity contribution in [2.24, 2.45) is 11.3 Å². The summed E-state index contributed by atoms with van der Waals surface area (Å²) in [6.45, 7) is 23.4. The Labute approximate surface area is 137 Å². The van der Waals surface area contributed by atoms with Gasteiger partial charge in [-0.25, -0.2) is 0 Å². The quantitative estimate of drug-likeness (QED) is 0.707. The molecule has 0 atom stereocenters. The lowest BCUT2D eigenvalue weighted by atomic mass is 9.80. The molecule has 0 amide bonds. The first kappa shape index (κ1) is 20.7. The molecule has 1 aromatic carbocycles. The van der Waals surface area contributed by atoms with Crippen LogP contribution in [0.3, 0.4) is 0 Å². The molecule has 2 N–H and O–H groups in total. The van der Waals surface area contributed by atoms with Crippen LogP contribution in [0.2, 0.25) is 0 Å². The molecule has 0 unspecified atom stereocenters. The van der Waals surface area contributed by atoms with E-state index in [4.69, 9.17) is 10.7 Å². The Morgan fingerprint density at radius 1 is 1.09 bits per heavy atom. The summed E-state index contributed by atoms with van der Waals surface area (Å²) in [5, 5.41) is 0. The Morgan fingerprint density at radius 3 is 1.91 bits per heavy atom. The molecule has 126 valence electrons. The Morgan fingerprint density at radius 2 is 1.59 bits per heavy atom. The fourth-order valence-corrected chi connectivity index (χ4v) is 2.28. The second-order valence-electron chi connectivity index (χ2n) is 7.90. The van der Waals surface area contributed by atoms with Crippen molar-refractivity contribution in [3.8, 4) is 5.75 Å². The van der Waals surface area contributed by atoms with Crippen LogP contribution < -0.4 is 10.7 Å². The smallest absolute Gasteiger partial charge is 0.157 e. The average molecular weight is 306 g/mol. The van der Waals surface area contributed by atoms with E-state index in [-0.39, 0.29) is 10.8 Å². The molecule has 0 aliphatic heterocycles. The summed E-state index contributed by atoms with van der Waals surface area (Å²) in [6, 6.07) is 4.37. The van der Waals surface area contributed by atoms with E-state index in [1.54, 1.807) is 0 Å². The first-order valence-electron chi connectivity index (χ1n) is 8.16. The average Bonchev–Trinajstić information content (AvgIpc) is 2.37. The van der Waals surface area contributed by atoms with Gasteiger partial charge in [0.2, 0.25) is 0 Å². The molecule has 0 spiro atoms. The van der Waals surface area contributed by atoms with Gasteiger partial charge < -0.3 is 4.84 Å². The van der Waals surface area contributed by atoms with Gasteiger partial charge in [0.15, 0.2) is 5.75 Å². The van der Waals surface area contributed by atoms with E-state index in [9.17, 15) is 0 Å². The van der Waals surface area contributed by atoms with Gasteiger partial charge in [-0.1, -0.05) is 68.0 Å². The molecule has 0 saturated heterocycles. The van der Waals surface area contributed by atoms with Crippen molar-refractivity contribution in [2.75, 3.05) is 0 Å². The Bertz CT molecular complexity index is 502. The maximum absolute atomic E-state index is 5.53. The maximum atomic E-state index is 5.53. The van der Waals surface area contributed by atoms with Gasteiger partial charge in [-0.05, 0) is 46.9 Å². The zero-order valence-electron chi connectivity index (χ0n) is 16.1. The minimum Gasteiger partial charge on any atom is -0.411 e. The van der Waals surface area contributed by atoms with Crippen LogP contribution >= 0.6 is 0 Å². The molecule has 0 aliphatic carbocycles. The Kier molecular flexibility index (Phi) is 7.37. The van der Waals surface area contributed by atoms with Gasteiger partial charge in [0.25, 0.3) is 0 Å². The van der Waals surface area contributed by atoms with Crippen LogP contribution in [0.15, 0.2) is 18.7 Å². The van der Waals surface area contributed by atoms with Crippen LogP contribution in [0.25, 0.3) is 5.57 Å². The molecule has 2 nitrogen and oxygen atoms in total. The lowest BCUT2D eigenvalue weighted by molar-refractivity contribution is 0.321. The van der Waals surface area contributed by atoms with Crippen LogP contribution in [0, 0.1) is 5.41 Å². The highest BCUT2D eigenvalue weighted by molar-refractivity contribution is 5.70. The van der Waals surface area contributed by atoms with Crippen LogP contribution in [0.1, 0.15) is 79.0 Å². The highest BCUT2D eigenvalue weighted by atomic mass is 16.6. The molecular formula is C20H35NO. The summed E-state index contributed by atoms with van der Waals surface area (Å²) in [6.07, 6.45) is 0.920. The summed E-state index contributed by atoms with van der Waals surface area (Å²) in [7, 11) is 0. The van der Waals surface area contributed by atoms with Gasteiger partial charge in [-0.15, -0.1) is 0 Å². The molecule has 0 aromatic heterocycles. The number of allylic oxidation sites excluding steroid dienone is 1. The predicted octanol–water partition coefficient (Wildman–Crippen LogP) is 5.88. The summed E-state index contributed by atoms with van der Waals surface area (Å²) >= 11 is 0. The fourth-order valence-electron chi connectivity index (χ4n) is 2.28. The Hall–Kier alpha value is -1.28. The van der Waals surface area contributed by atoms with E-state index in [1.807, 2.05) is 20.8 Å². The molecule has 1 rings (SSSR count). The third-order valence-corrected chi connectivity index (χ3v) is 3.33. The number of rotatable bonds is 3. The van der Waals surface area contributed by atoms with Crippen molar-refractivity contribution in [1.82, 2.24) is 0 Å². The number of hydrogen-bond donors (Lipinski definition) is 1. The van der Waals surface area contributed by atoms with E-state index < -0.39 is 0 Å². The molecule has 1 aromatic rings. The molecule has 0 saturated carbocycles. The third-order valence-electron chi connectivity index (χ3n) is 3.33. The molecule has 2 heteroatoms. The minimum atomic E-state index is 0.0873. The molecule has 0 radical (unpaired) electrons. The maximum Gasteiger partial charge on any atom is 0.157 e. The van der Waals surface area contributed by atoms with Crippen molar-refractivity contribution >= 4 is 5.57 Å². The predicted molar refractivity (Wildman–Crippen MR) is 99.2 cm³/mol. The van der Waals surface area contributed by atoms with E-state index in [2.05, 4.69) is 60.3 Å². The van der Waals surface area contributed by atoms with Gasteiger partial charge in [0.05, 0.1) is 0 Å². The zero-order valence-corrected chi connectivity index (χ0v) is 16.1. The number of nitrogens with two attached hydrogens (primary N) is 1. The SMILES string of the molecule is C=C(C)c1cc(C(C)(C)C)cc(CC(C)(C)C)c1ON.CC. The lowest BCUT2D eigenvalue weighted by Gasteiger charge is -2.26. The topological polar surface area (TPSA) is 35.2 Å². The van der Waals surface area contributed by atoms with E-state index in [0.29, 0.717) is 0 Å². The molecule has 0 heterocycles. The monoisotopic (exact) mass is 305 g/mol. The fraction of sp³-hybridized carbons (Fsp3) is 0.600. The van der Waals surface area contributed by atoms with Gasteiger partial charge in [-0.2, -0.15) is 5.90 Å². The number of benzene rings is 1. The normalized spacial score (nSPS) is 11.5. The van der Waals surface area contributed by atoms with Crippen LogP contribution in [-0.2, 0) is 11.8 Å². The molecule has 0 fully saturated rings. The highest BCUT2D eigenvalue weighted by Crippen LogP contribution is 2.37. The van der Waals surface area contributed by atoms with E-state index >= 15 is 0 Å². The van der Waals surface area contributed by atoms with Gasteiger partial charge in [0.1, 0.15) is 0 Å². The van der Waals surface area contributed by atoms with Crippen molar-refractivity contribution in [1.29, 1.82) is 0 Å². The molecular weight excluding hydrogens is 270 g/mol. The second-order valence-corrected chi connectivity index (χ2v) is 7.90. The summed E-state index contributed by atoms with van der Waals surface area (Å²) < 4.78 is 0. The standard InChI is InChI=1S/C18H29NO.C2H6/c1-12(2)15-10-14(18(6,7)8)9-13(16(15)20-19)11-17(3,4)5;1-2/h9-10H,1,11,19H2,2-8H3;1-2H3. The molecule has 22 heavy (non-hydrogen) atoms. The van der Waals surface area contributed by atoms with Crippen LogP contribution in [0.5, 0.6) is 5.75 Å². The van der Waals surface area contributed by atoms with Gasteiger partial charge >= 0.3 is 0 Å². The van der Waals surface area contributed by atoms with E-state index in [0.717, 1.165) is 28.9 Å². The van der Waals surface area contributed by atoms with Crippen molar-refractivity contribution < 1.29 is 4.84 Å². The second kappa shape index (κ2) is 7.82. The number of hydrogen-bond acceptors (Lipinski definition) is 2. The minimum absolute atomic E-state index is 0.0873. The Balaban J connectivity index is 0.00000211.